The first-order valence-electron chi connectivity index (χ1n) is 8.67. The first-order chi connectivity index (χ1) is 12.5. The fraction of sp³-hybridized carbons (Fsp3) is 0.300. The summed E-state index contributed by atoms with van der Waals surface area (Å²) >= 11 is 5.94. The number of nitrogens with zero attached hydrogens (tertiary/aromatic N) is 2. The minimum absolute atomic E-state index is 0.0377. The van der Waals surface area contributed by atoms with Crippen LogP contribution in [0.2, 0.25) is 5.02 Å². The Kier molecular flexibility index (Phi) is 4.32. The molecule has 0 fully saturated rings. The quantitative estimate of drug-likeness (QED) is 0.705. The molecule has 26 heavy (non-hydrogen) atoms. The Morgan fingerprint density at radius 2 is 2.12 bits per heavy atom. The highest BCUT2D eigenvalue weighted by Crippen LogP contribution is 2.33. The third-order valence-corrected chi connectivity index (χ3v) is 5.36. The number of hydrogen-bond acceptors (Lipinski definition) is 3. The number of likely N-dealkylation sites (N-methyl/N-ethyl adjacent to an activating group) is 1. The van der Waals surface area contributed by atoms with Gasteiger partial charge in [-0.1, -0.05) is 35.9 Å². The summed E-state index contributed by atoms with van der Waals surface area (Å²) in [6, 6.07) is 13.3. The number of fused-ring (bicyclic) bond motifs is 2. The van der Waals surface area contributed by atoms with Crippen molar-refractivity contribution in [3.05, 3.63) is 69.2 Å². The highest BCUT2D eigenvalue weighted by atomic mass is 35.5. The number of aryl methyl sites for hydroxylation is 1. The number of hydrogen-bond donors (Lipinski definition) is 0. The molecule has 5 nitrogen and oxygen atoms in total. The van der Waals surface area contributed by atoms with Crippen LogP contribution in [0.15, 0.2) is 51.7 Å². The Hall–Kier alpha value is -2.53. The average molecular weight is 371 g/mol. The van der Waals surface area contributed by atoms with Crippen molar-refractivity contribution in [3.63, 3.8) is 0 Å². The zero-order chi connectivity index (χ0) is 18.3. The molecule has 0 bridgehead atoms. The van der Waals surface area contributed by atoms with E-state index in [2.05, 4.69) is 12.1 Å². The van der Waals surface area contributed by atoms with Gasteiger partial charge in [-0.05, 0) is 42.5 Å². The van der Waals surface area contributed by atoms with Gasteiger partial charge < -0.3 is 9.32 Å². The minimum Gasteiger partial charge on any atom is -0.408 e. The summed E-state index contributed by atoms with van der Waals surface area (Å²) in [5.41, 5.74) is 3.46. The van der Waals surface area contributed by atoms with E-state index in [1.54, 1.807) is 30.1 Å². The lowest BCUT2D eigenvalue weighted by Crippen LogP contribution is -2.37. The van der Waals surface area contributed by atoms with Crippen molar-refractivity contribution in [2.24, 2.45) is 0 Å². The van der Waals surface area contributed by atoms with Crippen molar-refractivity contribution >= 4 is 28.6 Å². The second-order valence-corrected chi connectivity index (χ2v) is 7.11. The summed E-state index contributed by atoms with van der Waals surface area (Å²) in [6.07, 6.45) is 3.02. The fourth-order valence-corrected chi connectivity index (χ4v) is 3.90. The summed E-state index contributed by atoms with van der Waals surface area (Å²) in [5.74, 6) is -0.667. The van der Waals surface area contributed by atoms with Gasteiger partial charge in [-0.25, -0.2) is 4.79 Å². The Bertz CT molecular complexity index is 1040. The van der Waals surface area contributed by atoms with Crippen LogP contribution < -0.4 is 5.76 Å². The second-order valence-electron chi connectivity index (χ2n) is 6.68. The van der Waals surface area contributed by atoms with Crippen molar-refractivity contribution in [2.45, 2.75) is 31.8 Å². The van der Waals surface area contributed by atoms with E-state index >= 15 is 0 Å². The molecule has 3 aromatic rings. The number of rotatable bonds is 3. The summed E-state index contributed by atoms with van der Waals surface area (Å²) in [6.45, 7) is -0.0529. The van der Waals surface area contributed by atoms with Gasteiger partial charge in [0.05, 0.1) is 11.6 Å². The molecule has 0 aliphatic heterocycles. The van der Waals surface area contributed by atoms with E-state index in [9.17, 15) is 9.59 Å². The molecule has 0 radical (unpaired) electrons. The predicted octanol–water partition coefficient (Wildman–Crippen LogP) is 3.78. The van der Waals surface area contributed by atoms with Crippen LogP contribution in [0.1, 0.15) is 30.0 Å². The molecule has 0 saturated carbocycles. The minimum atomic E-state index is -0.548. The zero-order valence-electron chi connectivity index (χ0n) is 14.4. The van der Waals surface area contributed by atoms with E-state index in [0.717, 1.165) is 19.3 Å². The smallest absolute Gasteiger partial charge is 0.408 e. The number of carbonyl (C=O) groups is 1. The average Bonchev–Trinajstić information content (AvgIpc) is 2.95. The molecule has 134 valence electrons. The van der Waals surface area contributed by atoms with Gasteiger partial charge in [0.15, 0.2) is 5.58 Å². The molecule has 1 aliphatic rings. The molecule has 1 heterocycles. The molecule has 1 atom stereocenters. The monoisotopic (exact) mass is 370 g/mol. The molecule has 6 heteroatoms. The maximum Gasteiger partial charge on any atom is 0.420 e. The summed E-state index contributed by atoms with van der Waals surface area (Å²) < 4.78 is 6.57. The van der Waals surface area contributed by atoms with Gasteiger partial charge in [0, 0.05) is 18.1 Å². The number of carbonyl (C=O) groups excluding carboxylic acids is 1. The van der Waals surface area contributed by atoms with Crippen LogP contribution in [-0.2, 0) is 17.8 Å². The molecular formula is C20H19ClN2O3. The van der Waals surface area contributed by atoms with Crippen molar-refractivity contribution in [2.75, 3.05) is 7.05 Å². The van der Waals surface area contributed by atoms with Gasteiger partial charge in [0.25, 0.3) is 0 Å². The molecule has 1 amide bonds. The lowest BCUT2D eigenvalue weighted by Gasteiger charge is -2.33. The second kappa shape index (κ2) is 6.65. The molecule has 1 aromatic heterocycles. The van der Waals surface area contributed by atoms with Crippen molar-refractivity contribution in [3.8, 4) is 0 Å². The lowest BCUT2D eigenvalue weighted by molar-refractivity contribution is -0.133. The number of aromatic nitrogens is 1. The Labute approximate surface area is 155 Å². The largest absolute Gasteiger partial charge is 0.420 e. The summed E-state index contributed by atoms with van der Waals surface area (Å²) in [7, 11) is 1.80. The van der Waals surface area contributed by atoms with Crippen LogP contribution in [0.4, 0.5) is 0 Å². The summed E-state index contributed by atoms with van der Waals surface area (Å²) in [4.78, 5) is 26.8. The highest BCUT2D eigenvalue weighted by Gasteiger charge is 2.27. The number of halogens is 1. The first-order valence-corrected chi connectivity index (χ1v) is 9.05. The number of oxazole rings is 1. The lowest BCUT2D eigenvalue weighted by atomic mass is 9.87. The number of benzene rings is 2. The van der Waals surface area contributed by atoms with Crippen LogP contribution >= 0.6 is 11.6 Å². The van der Waals surface area contributed by atoms with Gasteiger partial charge >= 0.3 is 5.76 Å². The number of amides is 1. The van der Waals surface area contributed by atoms with Crippen molar-refractivity contribution in [1.82, 2.24) is 9.47 Å². The van der Waals surface area contributed by atoms with Gasteiger partial charge in [-0.3, -0.25) is 9.36 Å². The Morgan fingerprint density at radius 1 is 1.31 bits per heavy atom. The summed E-state index contributed by atoms with van der Waals surface area (Å²) in [5, 5.41) is 0.487. The van der Waals surface area contributed by atoms with Crippen LogP contribution in [0, 0.1) is 0 Å². The fourth-order valence-electron chi connectivity index (χ4n) is 3.74. The molecule has 0 spiro atoms. The third-order valence-electron chi connectivity index (χ3n) is 5.12. The molecule has 0 unspecified atom stereocenters. The normalized spacial score (nSPS) is 16.5. The third kappa shape index (κ3) is 2.92. The predicted molar refractivity (Wildman–Crippen MR) is 100 cm³/mol. The van der Waals surface area contributed by atoms with Crippen LogP contribution in [0.3, 0.4) is 0 Å². The van der Waals surface area contributed by atoms with Crippen LogP contribution in [0.25, 0.3) is 11.1 Å². The Balaban J connectivity index is 1.62. The van der Waals surface area contributed by atoms with Gasteiger partial charge in [-0.2, -0.15) is 0 Å². The topological polar surface area (TPSA) is 55.5 Å². The standard InChI is InChI=1S/C20H19ClN2O3/c1-22(16-8-4-6-13-5-2-3-7-15(13)16)19(24)12-23-17-10-9-14(21)11-18(17)26-20(23)25/h2-3,5,7,9-11,16H,4,6,8,12H2,1H3/t16-/m0/s1. The van der Waals surface area contributed by atoms with Crippen molar-refractivity contribution < 1.29 is 9.21 Å². The van der Waals surface area contributed by atoms with E-state index in [0.29, 0.717) is 16.1 Å². The Morgan fingerprint density at radius 3 is 2.96 bits per heavy atom. The SMILES string of the molecule is CN(C(=O)Cn1c(=O)oc2cc(Cl)ccc21)[C@H]1CCCc2ccccc21. The van der Waals surface area contributed by atoms with Gasteiger partial charge in [0.1, 0.15) is 6.54 Å². The van der Waals surface area contributed by atoms with E-state index in [-0.39, 0.29) is 18.5 Å². The van der Waals surface area contributed by atoms with E-state index in [1.165, 1.54) is 15.7 Å². The van der Waals surface area contributed by atoms with Crippen molar-refractivity contribution in [1.29, 1.82) is 0 Å². The molecule has 2 aromatic carbocycles. The molecule has 4 rings (SSSR count). The van der Waals surface area contributed by atoms with E-state index in [1.807, 2.05) is 12.1 Å². The van der Waals surface area contributed by atoms with E-state index < -0.39 is 5.76 Å². The van der Waals surface area contributed by atoms with Crippen LogP contribution in [-0.4, -0.2) is 22.4 Å². The molecule has 0 saturated heterocycles. The highest BCUT2D eigenvalue weighted by molar-refractivity contribution is 6.31. The van der Waals surface area contributed by atoms with E-state index in [4.69, 9.17) is 16.0 Å². The maximum atomic E-state index is 12.9. The van der Waals surface area contributed by atoms with Crippen LogP contribution in [0.5, 0.6) is 0 Å². The molecular weight excluding hydrogens is 352 g/mol. The zero-order valence-corrected chi connectivity index (χ0v) is 15.2. The molecule has 0 N–H and O–H groups in total. The molecule has 1 aliphatic carbocycles. The maximum absolute atomic E-state index is 12.9. The first kappa shape index (κ1) is 16.9. The van der Waals surface area contributed by atoms with Gasteiger partial charge in [-0.15, -0.1) is 0 Å². The van der Waals surface area contributed by atoms with Gasteiger partial charge in [0.2, 0.25) is 5.91 Å².